The van der Waals surface area contributed by atoms with E-state index in [1.54, 1.807) is 42.1 Å². The summed E-state index contributed by atoms with van der Waals surface area (Å²) in [5, 5.41) is 2.73. The lowest BCUT2D eigenvalue weighted by Gasteiger charge is -2.30. The fourth-order valence-corrected chi connectivity index (χ4v) is 2.96. The maximum absolute atomic E-state index is 12.5. The van der Waals surface area contributed by atoms with Gasteiger partial charge in [0.25, 0.3) is 0 Å². The van der Waals surface area contributed by atoms with Gasteiger partial charge in [-0.2, -0.15) is 0 Å². The summed E-state index contributed by atoms with van der Waals surface area (Å²) < 4.78 is 6.22. The smallest absolute Gasteiger partial charge is 0.226 e. The molecular weight excluding hydrogens is 334 g/mol. The van der Waals surface area contributed by atoms with E-state index in [9.17, 15) is 14.4 Å². The van der Waals surface area contributed by atoms with Crippen molar-refractivity contribution >= 4 is 23.4 Å². The fourth-order valence-electron chi connectivity index (χ4n) is 2.96. The van der Waals surface area contributed by atoms with Crippen molar-refractivity contribution in [3.05, 3.63) is 23.8 Å². The number of carbonyl (C=O) groups excluding carboxylic acids is 3. The molecule has 1 aliphatic rings. The molecule has 3 amide bonds. The number of benzene rings is 1. The van der Waals surface area contributed by atoms with Crippen molar-refractivity contribution in [3.8, 4) is 5.75 Å². The minimum atomic E-state index is -0.248. The highest BCUT2D eigenvalue weighted by Crippen LogP contribution is 2.28. The van der Waals surface area contributed by atoms with Crippen molar-refractivity contribution in [3.63, 3.8) is 0 Å². The molecule has 2 rings (SSSR count). The second kappa shape index (κ2) is 8.21. The quantitative estimate of drug-likeness (QED) is 0.885. The molecule has 0 unspecified atom stereocenters. The molecule has 1 aliphatic heterocycles. The Balaban J connectivity index is 2.37. The number of anilines is 1. The summed E-state index contributed by atoms with van der Waals surface area (Å²) in [6.07, 6.45) is -0.0519. The molecule has 0 spiro atoms. The summed E-state index contributed by atoms with van der Waals surface area (Å²) in [5.41, 5.74) is 1.35. The molecule has 26 heavy (non-hydrogen) atoms. The molecule has 0 aromatic heterocycles. The molecule has 2 atom stereocenters. The van der Waals surface area contributed by atoms with Crippen molar-refractivity contribution in [1.82, 2.24) is 9.80 Å². The van der Waals surface area contributed by atoms with Gasteiger partial charge in [-0.3, -0.25) is 14.4 Å². The molecule has 1 aromatic carbocycles. The van der Waals surface area contributed by atoms with Crippen molar-refractivity contribution in [1.29, 1.82) is 0 Å². The molecule has 1 N–H and O–H groups in total. The van der Waals surface area contributed by atoms with Gasteiger partial charge in [0.05, 0.1) is 13.0 Å². The van der Waals surface area contributed by atoms with Gasteiger partial charge >= 0.3 is 0 Å². The standard InChI is InChI=1S/C19H27N3O4/c1-12-10-22(5)19(25)9-15-8-16(20-13(2)23)6-7-17(15)26-18(12)11-21(4)14(3)24/h6-8,12,18H,9-11H2,1-5H3,(H,20,23)/t12-,18-/m1/s1. The van der Waals surface area contributed by atoms with E-state index in [4.69, 9.17) is 4.74 Å². The zero-order valence-electron chi connectivity index (χ0n) is 16.0. The summed E-state index contributed by atoms with van der Waals surface area (Å²) >= 11 is 0. The minimum Gasteiger partial charge on any atom is -0.488 e. The molecule has 0 saturated heterocycles. The number of hydrogen-bond donors (Lipinski definition) is 1. The van der Waals surface area contributed by atoms with Crippen LogP contribution in [0.5, 0.6) is 5.75 Å². The summed E-state index contributed by atoms with van der Waals surface area (Å²) in [5.74, 6) is 0.434. The number of carbonyl (C=O) groups is 3. The SMILES string of the molecule is CC(=O)Nc1ccc2c(c1)CC(=O)N(C)C[C@@H](C)[C@@H](CN(C)C(C)=O)O2. The second-order valence-electron chi connectivity index (χ2n) is 6.99. The second-order valence-corrected chi connectivity index (χ2v) is 6.99. The largest absolute Gasteiger partial charge is 0.488 e. The predicted molar refractivity (Wildman–Crippen MR) is 99.0 cm³/mol. The van der Waals surface area contributed by atoms with Gasteiger partial charge in [0.15, 0.2) is 0 Å². The van der Waals surface area contributed by atoms with Gasteiger partial charge in [0, 0.05) is 51.7 Å². The van der Waals surface area contributed by atoms with Crippen LogP contribution in [-0.4, -0.2) is 60.8 Å². The number of fused-ring (bicyclic) bond motifs is 1. The third-order valence-electron chi connectivity index (χ3n) is 4.61. The van der Waals surface area contributed by atoms with Crippen LogP contribution in [0, 0.1) is 5.92 Å². The van der Waals surface area contributed by atoms with Crippen LogP contribution >= 0.6 is 0 Å². The third-order valence-corrected chi connectivity index (χ3v) is 4.61. The number of likely N-dealkylation sites (N-methyl/N-ethyl adjacent to an activating group) is 2. The Labute approximate surface area is 154 Å². The van der Waals surface area contributed by atoms with Crippen LogP contribution in [0.3, 0.4) is 0 Å². The average molecular weight is 361 g/mol. The van der Waals surface area contributed by atoms with Crippen molar-refractivity contribution < 1.29 is 19.1 Å². The third kappa shape index (κ3) is 4.97. The van der Waals surface area contributed by atoms with E-state index in [0.29, 0.717) is 24.5 Å². The van der Waals surface area contributed by atoms with E-state index >= 15 is 0 Å². The minimum absolute atomic E-state index is 0.0118. The molecule has 1 heterocycles. The van der Waals surface area contributed by atoms with Crippen molar-refractivity contribution in [2.24, 2.45) is 5.92 Å². The topological polar surface area (TPSA) is 79.0 Å². The van der Waals surface area contributed by atoms with E-state index in [-0.39, 0.29) is 36.2 Å². The van der Waals surface area contributed by atoms with Crippen molar-refractivity contribution in [2.75, 3.05) is 32.5 Å². The maximum Gasteiger partial charge on any atom is 0.226 e. The molecule has 1 aromatic rings. The van der Waals surface area contributed by atoms with E-state index in [1.165, 1.54) is 13.8 Å². The first kappa shape index (κ1) is 19.8. The van der Waals surface area contributed by atoms with Crippen LogP contribution in [-0.2, 0) is 20.8 Å². The molecule has 0 fully saturated rings. The Morgan fingerprint density at radius 1 is 1.35 bits per heavy atom. The van der Waals surface area contributed by atoms with Crippen LogP contribution in [0.4, 0.5) is 5.69 Å². The molecule has 0 saturated carbocycles. The zero-order valence-corrected chi connectivity index (χ0v) is 16.0. The average Bonchev–Trinajstić information content (AvgIpc) is 2.58. The number of nitrogens with one attached hydrogen (secondary N) is 1. The number of nitrogens with zero attached hydrogens (tertiary/aromatic N) is 2. The molecule has 7 heteroatoms. The lowest BCUT2D eigenvalue weighted by Crippen LogP contribution is -2.43. The molecular formula is C19H27N3O4. The van der Waals surface area contributed by atoms with Gasteiger partial charge in [-0.05, 0) is 18.2 Å². The van der Waals surface area contributed by atoms with Gasteiger partial charge in [0.2, 0.25) is 17.7 Å². The number of amides is 3. The molecule has 0 radical (unpaired) electrons. The zero-order chi connectivity index (χ0) is 19.4. The maximum atomic E-state index is 12.5. The van der Waals surface area contributed by atoms with Crippen LogP contribution < -0.4 is 10.1 Å². The number of hydrogen-bond acceptors (Lipinski definition) is 4. The van der Waals surface area contributed by atoms with Gasteiger partial charge < -0.3 is 19.9 Å². The van der Waals surface area contributed by atoms with Crippen LogP contribution in [0.1, 0.15) is 26.3 Å². The first-order chi connectivity index (χ1) is 12.2. The molecule has 7 nitrogen and oxygen atoms in total. The predicted octanol–water partition coefficient (Wildman–Crippen LogP) is 1.52. The van der Waals surface area contributed by atoms with Gasteiger partial charge in [-0.15, -0.1) is 0 Å². The Bertz CT molecular complexity index is 704. The summed E-state index contributed by atoms with van der Waals surface area (Å²) in [6, 6.07) is 5.29. The van der Waals surface area contributed by atoms with Crippen molar-refractivity contribution in [2.45, 2.75) is 33.3 Å². The normalized spacial score (nSPS) is 20.2. The lowest BCUT2D eigenvalue weighted by atomic mass is 10.0. The highest BCUT2D eigenvalue weighted by Gasteiger charge is 2.28. The fraction of sp³-hybridized carbons (Fsp3) is 0.526. The van der Waals surface area contributed by atoms with Gasteiger partial charge in [0.1, 0.15) is 11.9 Å². The van der Waals surface area contributed by atoms with Crippen LogP contribution in [0.25, 0.3) is 0 Å². The van der Waals surface area contributed by atoms with Gasteiger partial charge in [-0.1, -0.05) is 6.92 Å². The molecule has 142 valence electrons. The monoisotopic (exact) mass is 361 g/mol. The van der Waals surface area contributed by atoms with Crippen LogP contribution in [0.2, 0.25) is 0 Å². The summed E-state index contributed by atoms with van der Waals surface area (Å²) in [7, 11) is 3.51. The molecule has 0 bridgehead atoms. The Kier molecular flexibility index (Phi) is 6.23. The van der Waals surface area contributed by atoms with E-state index in [0.717, 1.165) is 5.56 Å². The van der Waals surface area contributed by atoms with Crippen LogP contribution in [0.15, 0.2) is 18.2 Å². The Hall–Kier alpha value is -2.57. The lowest BCUT2D eigenvalue weighted by molar-refractivity contribution is -0.131. The van der Waals surface area contributed by atoms with E-state index in [2.05, 4.69) is 5.32 Å². The first-order valence-electron chi connectivity index (χ1n) is 8.70. The first-order valence-corrected chi connectivity index (χ1v) is 8.70. The molecule has 0 aliphatic carbocycles. The van der Waals surface area contributed by atoms with Gasteiger partial charge in [-0.25, -0.2) is 0 Å². The Morgan fingerprint density at radius 3 is 2.65 bits per heavy atom. The highest BCUT2D eigenvalue weighted by atomic mass is 16.5. The summed E-state index contributed by atoms with van der Waals surface area (Å²) in [4.78, 5) is 38.7. The Morgan fingerprint density at radius 2 is 2.04 bits per heavy atom. The number of ether oxygens (including phenoxy) is 1. The van der Waals surface area contributed by atoms with E-state index in [1.807, 2.05) is 6.92 Å². The highest BCUT2D eigenvalue weighted by molar-refractivity contribution is 5.89. The summed E-state index contributed by atoms with van der Waals surface area (Å²) in [6.45, 7) is 5.95. The number of rotatable bonds is 3. The van der Waals surface area contributed by atoms with E-state index < -0.39 is 0 Å².